The predicted molar refractivity (Wildman–Crippen MR) is 107 cm³/mol. The van der Waals surface area contributed by atoms with Gasteiger partial charge in [-0.15, -0.1) is 0 Å². The fraction of sp³-hybridized carbons (Fsp3) is 0.348. The van der Waals surface area contributed by atoms with Gasteiger partial charge in [0, 0.05) is 23.2 Å². The summed E-state index contributed by atoms with van der Waals surface area (Å²) in [5, 5.41) is 12.3. The van der Waals surface area contributed by atoms with E-state index in [1.807, 2.05) is 42.5 Å². The maximum atomic E-state index is 11.7. The van der Waals surface area contributed by atoms with Crippen molar-refractivity contribution in [1.29, 1.82) is 5.26 Å². The first kappa shape index (κ1) is 18.2. The zero-order chi connectivity index (χ0) is 19.7. The second-order valence-electron chi connectivity index (χ2n) is 7.75. The minimum atomic E-state index is -0.312. The van der Waals surface area contributed by atoms with Crippen LogP contribution in [-0.4, -0.2) is 23.2 Å². The molecule has 1 aliphatic heterocycles. The van der Waals surface area contributed by atoms with Gasteiger partial charge in [-0.25, -0.2) is 4.79 Å². The summed E-state index contributed by atoms with van der Waals surface area (Å²) in [6.07, 6.45) is 6.50. The molecule has 1 aromatic carbocycles. The summed E-state index contributed by atoms with van der Waals surface area (Å²) in [6.45, 7) is 4.45. The third-order valence-electron chi connectivity index (χ3n) is 6.10. The number of fused-ring (bicyclic) bond motifs is 1. The van der Waals surface area contributed by atoms with Gasteiger partial charge in [0.25, 0.3) is 0 Å². The van der Waals surface area contributed by atoms with Crippen LogP contribution in [0.1, 0.15) is 31.5 Å². The molecule has 0 radical (unpaired) electrons. The Kier molecular flexibility index (Phi) is 4.87. The second kappa shape index (κ2) is 7.47. The number of amides is 1. The Morgan fingerprint density at radius 1 is 1.25 bits per heavy atom. The summed E-state index contributed by atoms with van der Waals surface area (Å²) in [5.41, 5.74) is 3.30. The SMILES string of the molecule is C[C@H]1[C@H](C=Cc2ccc(-c3ccccc3C#N)cn2)[C@@H]2NC(=O)O[C@@H]2C[C@@H]1C. The number of nitrogens with one attached hydrogen (secondary N) is 1. The Balaban J connectivity index is 1.54. The molecule has 2 aromatic rings. The van der Waals surface area contributed by atoms with Crippen LogP contribution in [0.2, 0.25) is 0 Å². The molecule has 1 aromatic heterocycles. The van der Waals surface area contributed by atoms with Crippen LogP contribution >= 0.6 is 0 Å². The molecule has 5 atom stereocenters. The van der Waals surface area contributed by atoms with Crippen molar-refractivity contribution in [3.05, 3.63) is 59.9 Å². The van der Waals surface area contributed by atoms with Crippen LogP contribution in [0.15, 0.2) is 48.7 Å². The molecule has 1 saturated heterocycles. The Bertz CT molecular complexity index is 945. The zero-order valence-electron chi connectivity index (χ0n) is 16.0. The molecule has 2 heterocycles. The minimum absolute atomic E-state index is 0.0247. The second-order valence-corrected chi connectivity index (χ2v) is 7.75. The zero-order valence-corrected chi connectivity index (χ0v) is 16.0. The molecule has 142 valence electrons. The Morgan fingerprint density at radius 3 is 2.82 bits per heavy atom. The van der Waals surface area contributed by atoms with E-state index in [2.05, 4.69) is 36.3 Å². The molecular weight excluding hydrogens is 350 g/mol. The van der Waals surface area contributed by atoms with Gasteiger partial charge >= 0.3 is 6.09 Å². The highest BCUT2D eigenvalue weighted by molar-refractivity contribution is 5.71. The van der Waals surface area contributed by atoms with Gasteiger partial charge in [-0.05, 0) is 36.5 Å². The van der Waals surface area contributed by atoms with Gasteiger partial charge in [0.05, 0.1) is 23.4 Å². The lowest BCUT2D eigenvalue weighted by molar-refractivity contribution is 0.0575. The molecular formula is C23H23N3O2. The summed E-state index contributed by atoms with van der Waals surface area (Å²) >= 11 is 0. The number of ether oxygens (including phenoxy) is 1. The number of nitrogens with zero attached hydrogens (tertiary/aromatic N) is 2. The highest BCUT2D eigenvalue weighted by Gasteiger charge is 2.46. The molecule has 4 rings (SSSR count). The maximum Gasteiger partial charge on any atom is 0.407 e. The van der Waals surface area contributed by atoms with Crippen LogP contribution < -0.4 is 5.32 Å². The fourth-order valence-electron chi connectivity index (χ4n) is 4.30. The van der Waals surface area contributed by atoms with Crippen molar-refractivity contribution in [1.82, 2.24) is 10.3 Å². The molecule has 1 saturated carbocycles. The van der Waals surface area contributed by atoms with Gasteiger partial charge in [-0.2, -0.15) is 5.26 Å². The van der Waals surface area contributed by atoms with E-state index in [0.717, 1.165) is 23.2 Å². The number of alkyl carbamates (subject to hydrolysis) is 1. The lowest BCUT2D eigenvalue weighted by Crippen LogP contribution is -2.47. The Labute approximate surface area is 165 Å². The van der Waals surface area contributed by atoms with Crippen LogP contribution in [-0.2, 0) is 4.74 Å². The first-order valence-corrected chi connectivity index (χ1v) is 9.67. The van der Waals surface area contributed by atoms with E-state index in [1.54, 1.807) is 6.20 Å². The van der Waals surface area contributed by atoms with Crippen molar-refractivity contribution in [2.75, 3.05) is 0 Å². The Morgan fingerprint density at radius 2 is 2.07 bits per heavy atom. The van der Waals surface area contributed by atoms with Crippen molar-refractivity contribution >= 4 is 12.2 Å². The van der Waals surface area contributed by atoms with Gasteiger partial charge in [0.15, 0.2) is 0 Å². The fourth-order valence-corrected chi connectivity index (χ4v) is 4.30. The summed E-state index contributed by atoms with van der Waals surface area (Å²) < 4.78 is 5.43. The average Bonchev–Trinajstić information content (AvgIpc) is 3.08. The van der Waals surface area contributed by atoms with E-state index in [0.29, 0.717) is 17.4 Å². The average molecular weight is 373 g/mol. The van der Waals surface area contributed by atoms with E-state index in [-0.39, 0.29) is 24.2 Å². The van der Waals surface area contributed by atoms with Crippen molar-refractivity contribution in [3.8, 4) is 17.2 Å². The number of pyridine rings is 1. The minimum Gasteiger partial charge on any atom is -0.444 e. The molecule has 1 amide bonds. The number of rotatable bonds is 3. The highest BCUT2D eigenvalue weighted by Crippen LogP contribution is 2.39. The lowest BCUT2D eigenvalue weighted by atomic mass is 9.70. The van der Waals surface area contributed by atoms with E-state index < -0.39 is 0 Å². The third kappa shape index (κ3) is 3.38. The van der Waals surface area contributed by atoms with Crippen LogP contribution in [0.3, 0.4) is 0 Å². The van der Waals surface area contributed by atoms with Crippen molar-refractivity contribution in [2.24, 2.45) is 17.8 Å². The molecule has 1 aliphatic carbocycles. The summed E-state index contributed by atoms with van der Waals surface area (Å²) in [6, 6.07) is 13.7. The molecule has 5 nitrogen and oxygen atoms in total. The van der Waals surface area contributed by atoms with E-state index in [9.17, 15) is 10.1 Å². The van der Waals surface area contributed by atoms with Gasteiger partial charge in [0.1, 0.15) is 6.10 Å². The summed E-state index contributed by atoms with van der Waals surface area (Å²) in [5.74, 6) is 1.14. The van der Waals surface area contributed by atoms with Crippen molar-refractivity contribution in [2.45, 2.75) is 32.4 Å². The standard InChI is InChI=1S/C23H23N3O2/c1-14-11-21-22(26-23(27)28-21)19(15(14)2)10-9-18-8-7-17(13-25-18)20-6-4-3-5-16(20)12-24/h3-10,13-15,19,21-22H,11H2,1-2H3,(H,26,27)/t14-,15+,19-,21+,22-/m0/s1. The van der Waals surface area contributed by atoms with Crippen LogP contribution in [0, 0.1) is 29.1 Å². The van der Waals surface area contributed by atoms with Gasteiger partial charge < -0.3 is 10.1 Å². The number of hydrogen-bond acceptors (Lipinski definition) is 4. The Hall–Kier alpha value is -3.13. The number of aromatic nitrogens is 1. The number of hydrogen-bond donors (Lipinski definition) is 1. The van der Waals surface area contributed by atoms with Gasteiger partial charge in [0.2, 0.25) is 0 Å². The van der Waals surface area contributed by atoms with E-state index >= 15 is 0 Å². The van der Waals surface area contributed by atoms with Crippen molar-refractivity contribution < 1.29 is 9.53 Å². The molecule has 1 N–H and O–H groups in total. The van der Waals surface area contributed by atoms with Crippen LogP contribution in [0.4, 0.5) is 4.79 Å². The third-order valence-corrected chi connectivity index (χ3v) is 6.10. The molecule has 0 unspecified atom stereocenters. The molecule has 2 fully saturated rings. The normalized spacial score (nSPS) is 29.0. The molecule has 28 heavy (non-hydrogen) atoms. The highest BCUT2D eigenvalue weighted by atomic mass is 16.6. The topological polar surface area (TPSA) is 75.0 Å². The van der Waals surface area contributed by atoms with E-state index in [4.69, 9.17) is 4.74 Å². The molecule has 2 aliphatic rings. The lowest BCUT2D eigenvalue weighted by Gasteiger charge is -2.39. The number of nitriles is 1. The van der Waals surface area contributed by atoms with Gasteiger partial charge in [-0.3, -0.25) is 4.98 Å². The number of carbonyl (C=O) groups excluding carboxylic acids is 1. The number of benzene rings is 1. The maximum absolute atomic E-state index is 11.7. The summed E-state index contributed by atoms with van der Waals surface area (Å²) in [4.78, 5) is 16.2. The first-order valence-electron chi connectivity index (χ1n) is 9.67. The van der Waals surface area contributed by atoms with Crippen LogP contribution in [0.25, 0.3) is 17.2 Å². The van der Waals surface area contributed by atoms with Crippen molar-refractivity contribution in [3.63, 3.8) is 0 Å². The first-order chi connectivity index (χ1) is 13.6. The molecule has 0 bridgehead atoms. The van der Waals surface area contributed by atoms with Crippen LogP contribution in [0.5, 0.6) is 0 Å². The molecule has 5 heteroatoms. The smallest absolute Gasteiger partial charge is 0.407 e. The number of carbonyl (C=O) groups is 1. The van der Waals surface area contributed by atoms with E-state index in [1.165, 1.54) is 0 Å². The summed E-state index contributed by atoms with van der Waals surface area (Å²) in [7, 11) is 0. The van der Waals surface area contributed by atoms with Gasteiger partial charge in [-0.1, -0.05) is 44.2 Å². The largest absolute Gasteiger partial charge is 0.444 e. The predicted octanol–water partition coefficient (Wildman–Crippen LogP) is 4.40. The quantitative estimate of drug-likeness (QED) is 0.865. The monoisotopic (exact) mass is 373 g/mol. The molecule has 0 spiro atoms.